The minimum Gasteiger partial charge on any atom is -0.481 e. The van der Waals surface area contributed by atoms with Crippen LogP contribution in [0.1, 0.15) is 32.8 Å². The number of aliphatic carboxylic acids is 1. The molecule has 1 saturated heterocycles. The van der Waals surface area contributed by atoms with Gasteiger partial charge in [-0.15, -0.1) is 11.8 Å². The highest BCUT2D eigenvalue weighted by molar-refractivity contribution is 8.00. The summed E-state index contributed by atoms with van der Waals surface area (Å²) >= 11 is 1.49. The fourth-order valence-electron chi connectivity index (χ4n) is 3.00. The van der Waals surface area contributed by atoms with Gasteiger partial charge in [-0.05, 0) is 29.5 Å². The van der Waals surface area contributed by atoms with Gasteiger partial charge in [-0.2, -0.15) is 0 Å². The fourth-order valence-corrected chi connectivity index (χ4v) is 3.80. The number of thioether (sulfide) groups is 1. The summed E-state index contributed by atoms with van der Waals surface area (Å²) in [4.78, 5) is 26.7. The predicted octanol–water partition coefficient (Wildman–Crippen LogP) is 3.03. The molecule has 1 amide bonds. The van der Waals surface area contributed by atoms with Crippen LogP contribution in [0.2, 0.25) is 0 Å². The molecule has 25 heavy (non-hydrogen) atoms. The van der Waals surface area contributed by atoms with Crippen LogP contribution in [-0.2, 0) is 19.7 Å². The Morgan fingerprint density at radius 3 is 2.44 bits per heavy atom. The molecule has 138 valence electrons. The van der Waals surface area contributed by atoms with Gasteiger partial charge in [-0.1, -0.05) is 32.9 Å². The van der Waals surface area contributed by atoms with Crippen LogP contribution in [0.5, 0.6) is 0 Å². The fraction of sp³-hybridized carbons (Fsp3) is 0.579. The van der Waals surface area contributed by atoms with E-state index in [1.54, 1.807) is 4.90 Å². The second-order valence-corrected chi connectivity index (χ2v) is 8.70. The van der Waals surface area contributed by atoms with Crippen LogP contribution in [0.25, 0.3) is 0 Å². The first kappa shape index (κ1) is 19.8. The highest BCUT2D eigenvalue weighted by atomic mass is 32.2. The Labute approximate surface area is 153 Å². The Kier molecular flexibility index (Phi) is 6.16. The lowest BCUT2D eigenvalue weighted by atomic mass is 9.87. The molecule has 1 aromatic rings. The number of carbonyl (C=O) groups is 2. The largest absolute Gasteiger partial charge is 0.481 e. The molecule has 0 aliphatic carbocycles. The van der Waals surface area contributed by atoms with Gasteiger partial charge in [0.05, 0.1) is 12.4 Å². The molecule has 2 rings (SSSR count). The first-order valence-electron chi connectivity index (χ1n) is 8.41. The smallest absolute Gasteiger partial charge is 0.313 e. The molecule has 0 bridgehead atoms. The summed E-state index contributed by atoms with van der Waals surface area (Å²) in [7, 11) is 1.49. The second-order valence-electron chi connectivity index (χ2n) is 7.65. The summed E-state index contributed by atoms with van der Waals surface area (Å²) in [6.45, 7) is 7.33. The van der Waals surface area contributed by atoms with Crippen LogP contribution in [0, 0.1) is 5.41 Å². The number of carbonyl (C=O) groups excluding carboxylic acids is 1. The van der Waals surface area contributed by atoms with Crippen molar-refractivity contribution < 1.29 is 19.4 Å². The number of hydrogen-bond acceptors (Lipinski definition) is 4. The molecular formula is C19H27NO4S. The van der Waals surface area contributed by atoms with Crippen molar-refractivity contribution in [3.05, 3.63) is 29.8 Å². The number of nitrogens with zero attached hydrogens (tertiary/aromatic N) is 1. The Morgan fingerprint density at radius 2 is 1.92 bits per heavy atom. The van der Waals surface area contributed by atoms with Crippen LogP contribution < -0.4 is 0 Å². The van der Waals surface area contributed by atoms with Crippen molar-refractivity contribution in [2.75, 3.05) is 32.6 Å². The van der Waals surface area contributed by atoms with E-state index >= 15 is 0 Å². The lowest BCUT2D eigenvalue weighted by Crippen LogP contribution is -2.40. The molecule has 5 nitrogen and oxygen atoms in total. The molecule has 1 unspecified atom stereocenters. The number of ether oxygens (including phenoxy) is 1. The van der Waals surface area contributed by atoms with Crippen LogP contribution in [0.4, 0.5) is 0 Å². The van der Waals surface area contributed by atoms with Gasteiger partial charge in [0.15, 0.2) is 0 Å². The van der Waals surface area contributed by atoms with Crippen molar-refractivity contribution in [2.24, 2.45) is 5.41 Å². The van der Waals surface area contributed by atoms with Crippen molar-refractivity contribution in [3.8, 4) is 0 Å². The maximum atomic E-state index is 12.4. The topological polar surface area (TPSA) is 66.8 Å². The van der Waals surface area contributed by atoms with Gasteiger partial charge in [0, 0.05) is 25.1 Å². The van der Waals surface area contributed by atoms with Gasteiger partial charge in [-0.25, -0.2) is 0 Å². The minimum atomic E-state index is -0.969. The van der Waals surface area contributed by atoms with Gasteiger partial charge in [0.25, 0.3) is 0 Å². The minimum absolute atomic E-state index is 0.0240. The maximum absolute atomic E-state index is 12.4. The van der Waals surface area contributed by atoms with Gasteiger partial charge in [-0.3, -0.25) is 9.59 Å². The number of methoxy groups -OCH3 is 1. The Morgan fingerprint density at radius 1 is 1.28 bits per heavy atom. The zero-order chi connectivity index (χ0) is 18.7. The molecule has 1 aliphatic heterocycles. The third-order valence-corrected chi connectivity index (χ3v) is 5.66. The molecule has 1 aromatic carbocycles. The van der Waals surface area contributed by atoms with E-state index in [1.807, 2.05) is 12.1 Å². The van der Waals surface area contributed by atoms with Crippen LogP contribution in [0.3, 0.4) is 0 Å². The molecule has 1 atom stereocenters. The Balaban J connectivity index is 1.92. The molecule has 1 N–H and O–H groups in total. The molecule has 1 aliphatic rings. The van der Waals surface area contributed by atoms with Crippen molar-refractivity contribution in [3.63, 3.8) is 0 Å². The highest BCUT2D eigenvalue weighted by Gasteiger charge is 2.46. The number of benzene rings is 1. The lowest BCUT2D eigenvalue weighted by molar-refractivity contribution is -0.151. The van der Waals surface area contributed by atoms with E-state index < -0.39 is 11.4 Å². The van der Waals surface area contributed by atoms with Crippen LogP contribution in [-0.4, -0.2) is 54.4 Å². The Hall–Kier alpha value is -1.53. The maximum Gasteiger partial charge on any atom is 0.313 e. The second kappa shape index (κ2) is 7.79. The third-order valence-electron chi connectivity index (χ3n) is 4.66. The molecule has 0 saturated carbocycles. The van der Waals surface area contributed by atoms with Gasteiger partial charge in [0.1, 0.15) is 5.41 Å². The summed E-state index contributed by atoms with van der Waals surface area (Å²) in [6.07, 6.45) is 0.437. The van der Waals surface area contributed by atoms with E-state index in [2.05, 4.69) is 32.9 Å². The molecule has 1 fully saturated rings. The summed E-state index contributed by atoms with van der Waals surface area (Å²) in [5, 5.41) is 9.47. The number of amides is 1. The third kappa shape index (κ3) is 4.76. The Bertz CT molecular complexity index is 623. The number of carboxylic acids is 1. The first-order valence-corrected chi connectivity index (χ1v) is 9.40. The molecule has 1 heterocycles. The van der Waals surface area contributed by atoms with Crippen molar-refractivity contribution in [1.82, 2.24) is 4.90 Å². The highest BCUT2D eigenvalue weighted by Crippen LogP contribution is 2.32. The molecule has 0 radical (unpaired) electrons. The number of rotatable bonds is 6. The van der Waals surface area contributed by atoms with E-state index in [9.17, 15) is 14.7 Å². The van der Waals surface area contributed by atoms with E-state index in [1.165, 1.54) is 24.4 Å². The molecule has 0 aromatic heterocycles. The standard InChI is InChI=1S/C19H27NO4S/c1-18(2,3)14-5-7-15(8-6-14)25-11-16(21)20-10-9-19(12-20,13-24-4)17(22)23/h5-8H,9-13H2,1-4H3,(H,22,23). The number of likely N-dealkylation sites (tertiary alicyclic amines) is 1. The molecular weight excluding hydrogens is 338 g/mol. The zero-order valence-electron chi connectivity index (χ0n) is 15.4. The first-order chi connectivity index (χ1) is 11.7. The average molecular weight is 365 g/mol. The van der Waals surface area contributed by atoms with Crippen molar-refractivity contribution in [1.29, 1.82) is 0 Å². The van der Waals surface area contributed by atoms with Crippen LogP contribution >= 0.6 is 11.8 Å². The van der Waals surface area contributed by atoms with Crippen LogP contribution in [0.15, 0.2) is 29.2 Å². The molecule has 0 spiro atoms. The van der Waals surface area contributed by atoms with Gasteiger partial charge >= 0.3 is 5.97 Å². The summed E-state index contributed by atoms with van der Waals surface area (Å²) in [5.41, 5.74) is 0.396. The number of hydrogen-bond donors (Lipinski definition) is 1. The average Bonchev–Trinajstić information content (AvgIpc) is 2.98. The van der Waals surface area contributed by atoms with Crippen molar-refractivity contribution >= 4 is 23.6 Å². The quantitative estimate of drug-likeness (QED) is 0.785. The number of carboxylic acid groups (broad SMARTS) is 1. The lowest BCUT2D eigenvalue weighted by Gasteiger charge is -2.23. The van der Waals surface area contributed by atoms with E-state index in [4.69, 9.17) is 4.74 Å². The zero-order valence-corrected chi connectivity index (χ0v) is 16.2. The molecule has 6 heteroatoms. The van der Waals surface area contributed by atoms with E-state index in [0.717, 1.165) is 4.90 Å². The SMILES string of the molecule is COCC1(C(=O)O)CCN(C(=O)CSc2ccc(C(C)(C)C)cc2)C1. The summed E-state index contributed by atoms with van der Waals surface area (Å²) in [6, 6.07) is 8.26. The van der Waals surface area contributed by atoms with E-state index in [0.29, 0.717) is 18.7 Å². The van der Waals surface area contributed by atoms with E-state index in [-0.39, 0.29) is 24.5 Å². The predicted molar refractivity (Wildman–Crippen MR) is 99.0 cm³/mol. The van der Waals surface area contributed by atoms with Gasteiger partial charge in [0.2, 0.25) is 5.91 Å². The summed E-state index contributed by atoms with van der Waals surface area (Å²) < 4.78 is 5.06. The summed E-state index contributed by atoms with van der Waals surface area (Å²) in [5.74, 6) is -0.600. The normalized spacial score (nSPS) is 20.7. The van der Waals surface area contributed by atoms with Crippen molar-refractivity contribution in [2.45, 2.75) is 37.5 Å². The monoisotopic (exact) mass is 365 g/mol. The van der Waals surface area contributed by atoms with Gasteiger partial charge < -0.3 is 14.7 Å².